The van der Waals surface area contributed by atoms with Crippen molar-refractivity contribution >= 4 is 15.8 Å². The molecule has 0 unspecified atom stereocenters. The highest BCUT2D eigenvalue weighted by Crippen LogP contribution is 2.21. The second kappa shape index (κ2) is 7.24. The number of nitrogens with zero attached hydrogens (tertiary/aromatic N) is 6. The van der Waals surface area contributed by atoms with Crippen LogP contribution in [0.1, 0.15) is 24.9 Å². The van der Waals surface area contributed by atoms with E-state index in [2.05, 4.69) is 20.2 Å². The molecule has 0 aliphatic heterocycles. The van der Waals surface area contributed by atoms with Crippen LogP contribution < -0.4 is 4.31 Å². The smallest absolute Gasteiger partial charge is 0.247 e. The second-order valence-corrected chi connectivity index (χ2v) is 7.80. The molecule has 3 rings (SSSR count). The van der Waals surface area contributed by atoms with Crippen LogP contribution in [-0.4, -0.2) is 39.6 Å². The number of rotatable bonds is 7. The van der Waals surface area contributed by atoms with E-state index >= 15 is 0 Å². The van der Waals surface area contributed by atoms with Gasteiger partial charge >= 0.3 is 0 Å². The van der Waals surface area contributed by atoms with Crippen molar-refractivity contribution in [1.82, 2.24) is 24.9 Å². The summed E-state index contributed by atoms with van der Waals surface area (Å²) in [6.07, 6.45) is 5.28. The summed E-state index contributed by atoms with van der Waals surface area (Å²) in [6, 6.07) is 5.29. The van der Waals surface area contributed by atoms with Gasteiger partial charge in [0.25, 0.3) is 0 Å². The maximum absolute atomic E-state index is 12.3. The number of anilines is 1. The van der Waals surface area contributed by atoms with Gasteiger partial charge in [-0.2, -0.15) is 10.1 Å². The minimum atomic E-state index is -3.57. The summed E-state index contributed by atoms with van der Waals surface area (Å²) in [5, 5.41) is 8.29. The monoisotopic (exact) mass is 376 g/mol. The Morgan fingerprint density at radius 2 is 2.15 bits per heavy atom. The maximum Gasteiger partial charge on any atom is 0.247 e. The van der Waals surface area contributed by atoms with E-state index in [1.54, 1.807) is 35.3 Å². The Kier molecular flexibility index (Phi) is 5.03. The van der Waals surface area contributed by atoms with Gasteiger partial charge in [0, 0.05) is 36.3 Å². The third kappa shape index (κ3) is 3.90. The van der Waals surface area contributed by atoms with Crippen molar-refractivity contribution < 1.29 is 12.9 Å². The summed E-state index contributed by atoms with van der Waals surface area (Å²) in [4.78, 5) is 8.27. The topological polar surface area (TPSA) is 107 Å². The molecule has 0 radical (unpaired) electrons. The van der Waals surface area contributed by atoms with Crippen LogP contribution in [-0.2, 0) is 23.1 Å². The van der Waals surface area contributed by atoms with Crippen molar-refractivity contribution in [3.05, 3.63) is 42.2 Å². The Bertz CT molecular complexity index is 981. The Balaban J connectivity index is 1.89. The molecule has 0 aromatic carbocycles. The molecule has 0 aliphatic rings. The molecular weight excluding hydrogens is 356 g/mol. The lowest BCUT2D eigenvalue weighted by Gasteiger charge is -2.17. The average Bonchev–Trinajstić information content (AvgIpc) is 3.20. The SMILES string of the molecule is CCCn1nc(N(Cc2nc(-c3cccnc3)no2)S(C)(=O)=O)cc1C. The Morgan fingerprint density at radius 1 is 1.35 bits per heavy atom. The van der Waals surface area contributed by atoms with Gasteiger partial charge in [-0.05, 0) is 25.5 Å². The van der Waals surface area contributed by atoms with E-state index in [1.807, 2.05) is 13.8 Å². The van der Waals surface area contributed by atoms with Gasteiger partial charge in [-0.1, -0.05) is 12.1 Å². The van der Waals surface area contributed by atoms with Crippen LogP contribution in [0.2, 0.25) is 0 Å². The molecule has 0 spiro atoms. The van der Waals surface area contributed by atoms with Crippen molar-refractivity contribution in [1.29, 1.82) is 0 Å². The molecule has 0 saturated heterocycles. The minimum Gasteiger partial charge on any atom is -0.337 e. The lowest BCUT2D eigenvalue weighted by atomic mass is 10.3. The van der Waals surface area contributed by atoms with E-state index in [9.17, 15) is 8.42 Å². The van der Waals surface area contributed by atoms with E-state index in [0.29, 0.717) is 17.2 Å². The number of aromatic nitrogens is 5. The summed E-state index contributed by atoms with van der Waals surface area (Å²) in [5.74, 6) is 0.866. The molecule has 9 nitrogen and oxygen atoms in total. The first-order chi connectivity index (χ1) is 12.4. The molecule has 0 aliphatic carbocycles. The number of pyridine rings is 1. The highest BCUT2D eigenvalue weighted by Gasteiger charge is 2.24. The molecule has 26 heavy (non-hydrogen) atoms. The van der Waals surface area contributed by atoms with Crippen molar-refractivity contribution in [2.24, 2.45) is 0 Å². The molecule has 0 saturated carbocycles. The molecule has 0 fully saturated rings. The van der Waals surface area contributed by atoms with Gasteiger partial charge in [0.1, 0.15) is 6.54 Å². The molecule has 3 aromatic rings. The molecule has 0 N–H and O–H groups in total. The standard InChI is InChI=1S/C16H20N6O3S/c1-4-8-21-12(2)9-14(19-21)22(26(3,23)24)11-15-18-16(20-25-15)13-6-5-7-17-10-13/h5-7,9-10H,4,8,11H2,1-3H3. The zero-order valence-corrected chi connectivity index (χ0v) is 15.6. The maximum atomic E-state index is 12.3. The van der Waals surface area contributed by atoms with Gasteiger partial charge in [0.05, 0.1) is 6.26 Å². The largest absolute Gasteiger partial charge is 0.337 e. The second-order valence-electron chi connectivity index (χ2n) is 5.89. The fourth-order valence-electron chi connectivity index (χ4n) is 2.48. The van der Waals surface area contributed by atoms with Gasteiger partial charge < -0.3 is 4.52 Å². The van der Waals surface area contributed by atoms with Crippen molar-refractivity contribution in [3.8, 4) is 11.4 Å². The van der Waals surface area contributed by atoms with Gasteiger partial charge in [0.2, 0.25) is 21.7 Å². The van der Waals surface area contributed by atoms with E-state index < -0.39 is 10.0 Å². The third-order valence-electron chi connectivity index (χ3n) is 3.73. The van der Waals surface area contributed by atoms with Crippen molar-refractivity contribution in [2.75, 3.05) is 10.6 Å². The molecule has 10 heteroatoms. The molecule has 0 bridgehead atoms. The molecule has 0 atom stereocenters. The van der Waals surface area contributed by atoms with E-state index in [1.165, 1.54) is 0 Å². The fraction of sp³-hybridized carbons (Fsp3) is 0.375. The van der Waals surface area contributed by atoms with Gasteiger partial charge in [0.15, 0.2) is 5.82 Å². The molecule has 0 amide bonds. The first-order valence-electron chi connectivity index (χ1n) is 8.13. The van der Waals surface area contributed by atoms with Crippen LogP contribution in [0.4, 0.5) is 5.82 Å². The highest BCUT2D eigenvalue weighted by molar-refractivity contribution is 7.92. The third-order valence-corrected chi connectivity index (χ3v) is 4.84. The van der Waals surface area contributed by atoms with Crippen molar-refractivity contribution in [2.45, 2.75) is 33.4 Å². The van der Waals surface area contributed by atoms with Crippen molar-refractivity contribution in [3.63, 3.8) is 0 Å². The van der Waals surface area contributed by atoms with Crippen LogP contribution in [0.5, 0.6) is 0 Å². The molecule has 3 aromatic heterocycles. The van der Waals surface area contributed by atoms with E-state index in [4.69, 9.17) is 4.52 Å². The van der Waals surface area contributed by atoms with Crippen LogP contribution >= 0.6 is 0 Å². The quantitative estimate of drug-likeness (QED) is 0.621. The normalized spacial score (nSPS) is 11.7. The summed E-state index contributed by atoms with van der Waals surface area (Å²) >= 11 is 0. The highest BCUT2D eigenvalue weighted by atomic mass is 32.2. The zero-order chi connectivity index (χ0) is 18.7. The first-order valence-corrected chi connectivity index (χ1v) is 9.98. The average molecular weight is 376 g/mol. The number of sulfonamides is 1. The van der Waals surface area contributed by atoms with Gasteiger partial charge in [-0.3, -0.25) is 9.67 Å². The molecule has 138 valence electrons. The number of hydrogen-bond acceptors (Lipinski definition) is 7. The number of hydrogen-bond donors (Lipinski definition) is 0. The van der Waals surface area contributed by atoms with Crippen LogP contribution in [0, 0.1) is 6.92 Å². The van der Waals surface area contributed by atoms with E-state index in [-0.39, 0.29) is 12.4 Å². The predicted octanol–water partition coefficient (Wildman–Crippen LogP) is 2.01. The van der Waals surface area contributed by atoms with Crippen LogP contribution in [0.25, 0.3) is 11.4 Å². The lowest BCUT2D eigenvalue weighted by Crippen LogP contribution is -2.30. The Hall–Kier alpha value is -2.75. The van der Waals surface area contributed by atoms with Gasteiger partial charge in [-0.25, -0.2) is 12.7 Å². The summed E-state index contributed by atoms with van der Waals surface area (Å²) in [6.45, 7) is 4.55. The summed E-state index contributed by atoms with van der Waals surface area (Å²) < 4.78 is 32.7. The van der Waals surface area contributed by atoms with E-state index in [0.717, 1.165) is 29.2 Å². The molecular formula is C16H20N6O3S. The number of aryl methyl sites for hydroxylation is 2. The minimum absolute atomic E-state index is 0.0886. The predicted molar refractivity (Wildman–Crippen MR) is 95.8 cm³/mol. The fourth-order valence-corrected chi connectivity index (χ4v) is 3.25. The summed E-state index contributed by atoms with van der Waals surface area (Å²) in [7, 11) is -3.57. The molecule has 3 heterocycles. The Morgan fingerprint density at radius 3 is 2.81 bits per heavy atom. The van der Waals surface area contributed by atoms with Gasteiger partial charge in [-0.15, -0.1) is 0 Å². The lowest BCUT2D eigenvalue weighted by molar-refractivity contribution is 0.380. The Labute approximate surface area is 151 Å². The van der Waals surface area contributed by atoms with Crippen LogP contribution in [0.15, 0.2) is 35.1 Å². The zero-order valence-electron chi connectivity index (χ0n) is 14.8. The van der Waals surface area contributed by atoms with Crippen LogP contribution in [0.3, 0.4) is 0 Å². The first kappa shape index (κ1) is 18.1. The summed E-state index contributed by atoms with van der Waals surface area (Å²) in [5.41, 5.74) is 1.58.